The van der Waals surface area contributed by atoms with Gasteiger partial charge in [-0.25, -0.2) is 0 Å². The van der Waals surface area contributed by atoms with Crippen LogP contribution in [0.15, 0.2) is 30.5 Å². The van der Waals surface area contributed by atoms with E-state index in [0.29, 0.717) is 22.9 Å². The second-order valence-electron chi connectivity index (χ2n) is 5.03. The average molecular weight is 387 g/mol. The Morgan fingerprint density at radius 2 is 2.04 bits per heavy atom. The zero-order valence-corrected chi connectivity index (χ0v) is 15.0. The topological polar surface area (TPSA) is 95.7 Å². The molecule has 26 heavy (non-hydrogen) atoms. The van der Waals surface area contributed by atoms with Crippen molar-refractivity contribution < 1.29 is 27.2 Å². The van der Waals surface area contributed by atoms with Crippen LogP contribution in [0.5, 0.6) is 17.2 Å². The first-order valence-corrected chi connectivity index (χ1v) is 8.92. The number of anilines is 2. The number of halogens is 2. The minimum Gasteiger partial charge on any atom is -0.493 e. The molecule has 1 unspecified atom stereocenters. The zero-order chi connectivity index (χ0) is 19.1. The summed E-state index contributed by atoms with van der Waals surface area (Å²) in [6.45, 7) is -2.92. The normalized spacial score (nSPS) is 11.9. The largest absolute Gasteiger partial charge is 0.493 e. The van der Waals surface area contributed by atoms with Crippen LogP contribution in [0.3, 0.4) is 0 Å². The Bertz CT molecular complexity index is 777. The van der Waals surface area contributed by atoms with Crippen molar-refractivity contribution in [2.24, 2.45) is 0 Å². The highest BCUT2D eigenvalue weighted by Gasteiger charge is 2.14. The summed E-state index contributed by atoms with van der Waals surface area (Å²) in [4.78, 5) is 4.17. The molecule has 1 aromatic carbocycles. The Labute approximate surface area is 151 Å². The van der Waals surface area contributed by atoms with Crippen molar-refractivity contribution in [3.8, 4) is 17.2 Å². The summed E-state index contributed by atoms with van der Waals surface area (Å²) < 4.78 is 51.4. The average Bonchev–Trinajstić information content (AvgIpc) is 2.60. The standard InChI is InChI=1S/C16H19F2N3O4S/c1-23-14-5-6-20-13(15(14)24-2)8-26(22)9-21-12-4-3-10(7-11(12)19)25-16(17)18/h3-7,16,21H,8-9,19H2,1-2H3. The predicted octanol–water partition coefficient (Wildman–Crippen LogP) is 2.60. The fourth-order valence-electron chi connectivity index (χ4n) is 2.19. The van der Waals surface area contributed by atoms with Crippen molar-refractivity contribution in [2.45, 2.75) is 12.4 Å². The number of nitrogens with one attached hydrogen (secondary N) is 1. The van der Waals surface area contributed by atoms with Crippen LogP contribution < -0.4 is 25.3 Å². The number of aromatic nitrogens is 1. The van der Waals surface area contributed by atoms with E-state index in [0.717, 1.165) is 0 Å². The quantitative estimate of drug-likeness (QED) is 0.639. The Balaban J connectivity index is 1.99. The lowest BCUT2D eigenvalue weighted by atomic mass is 10.2. The minimum atomic E-state index is -2.92. The number of alkyl halides is 2. The van der Waals surface area contributed by atoms with Gasteiger partial charge in [0.15, 0.2) is 11.5 Å². The van der Waals surface area contributed by atoms with E-state index < -0.39 is 17.4 Å². The first-order valence-electron chi connectivity index (χ1n) is 7.43. The molecular weight excluding hydrogens is 368 g/mol. The van der Waals surface area contributed by atoms with Gasteiger partial charge in [0.1, 0.15) is 5.75 Å². The van der Waals surface area contributed by atoms with Crippen LogP contribution in [0.4, 0.5) is 20.2 Å². The highest BCUT2D eigenvalue weighted by Crippen LogP contribution is 2.30. The molecule has 0 aliphatic rings. The van der Waals surface area contributed by atoms with Crippen molar-refractivity contribution in [3.63, 3.8) is 0 Å². The van der Waals surface area contributed by atoms with Crippen LogP contribution in [-0.4, -0.2) is 35.9 Å². The summed E-state index contributed by atoms with van der Waals surface area (Å²) in [6, 6.07) is 5.74. The summed E-state index contributed by atoms with van der Waals surface area (Å²) >= 11 is 0. The van der Waals surface area contributed by atoms with Gasteiger partial charge in [0.05, 0.1) is 42.9 Å². The van der Waals surface area contributed by atoms with E-state index in [4.69, 9.17) is 15.2 Å². The fourth-order valence-corrected chi connectivity index (χ4v) is 3.12. The Kier molecular flexibility index (Phi) is 6.96. The van der Waals surface area contributed by atoms with Crippen molar-refractivity contribution in [1.29, 1.82) is 0 Å². The molecule has 2 rings (SSSR count). The van der Waals surface area contributed by atoms with E-state index in [1.54, 1.807) is 12.3 Å². The highest BCUT2D eigenvalue weighted by molar-refractivity contribution is 7.84. The van der Waals surface area contributed by atoms with Crippen molar-refractivity contribution in [2.75, 3.05) is 31.1 Å². The van der Waals surface area contributed by atoms with E-state index >= 15 is 0 Å². The molecule has 0 amide bonds. The third-order valence-electron chi connectivity index (χ3n) is 3.34. The monoisotopic (exact) mass is 387 g/mol. The Hall–Kier alpha value is -2.62. The van der Waals surface area contributed by atoms with Gasteiger partial charge in [-0.05, 0) is 12.1 Å². The lowest BCUT2D eigenvalue weighted by Gasteiger charge is -2.13. The first kappa shape index (κ1) is 19.7. The molecule has 0 spiro atoms. The number of rotatable bonds is 9. The number of pyridine rings is 1. The van der Waals surface area contributed by atoms with Crippen LogP contribution in [0, 0.1) is 0 Å². The molecule has 1 heterocycles. The van der Waals surface area contributed by atoms with Gasteiger partial charge in [0, 0.05) is 29.1 Å². The molecule has 0 saturated heterocycles. The molecule has 0 radical (unpaired) electrons. The molecule has 0 aliphatic carbocycles. The summed E-state index contributed by atoms with van der Waals surface area (Å²) in [6.07, 6.45) is 1.54. The van der Waals surface area contributed by atoms with Gasteiger partial charge in [-0.1, -0.05) is 0 Å². The van der Waals surface area contributed by atoms with Crippen molar-refractivity contribution in [1.82, 2.24) is 4.98 Å². The number of nitrogen functional groups attached to an aromatic ring is 1. The minimum absolute atomic E-state index is 0.0468. The number of ether oxygens (including phenoxy) is 3. The van der Waals surface area contributed by atoms with Gasteiger partial charge in [0.25, 0.3) is 0 Å². The van der Waals surface area contributed by atoms with Crippen LogP contribution in [0.25, 0.3) is 0 Å². The van der Waals surface area contributed by atoms with Gasteiger partial charge < -0.3 is 25.3 Å². The lowest BCUT2D eigenvalue weighted by Crippen LogP contribution is -2.13. The molecule has 0 fully saturated rings. The van der Waals surface area contributed by atoms with Crippen LogP contribution in [0.2, 0.25) is 0 Å². The van der Waals surface area contributed by atoms with Crippen LogP contribution in [-0.2, 0) is 16.6 Å². The molecule has 0 saturated carbocycles. The molecular formula is C16H19F2N3O4S. The van der Waals surface area contributed by atoms with Gasteiger partial charge in [-0.15, -0.1) is 0 Å². The fraction of sp³-hybridized carbons (Fsp3) is 0.312. The van der Waals surface area contributed by atoms with E-state index in [9.17, 15) is 13.0 Å². The summed E-state index contributed by atoms with van der Waals surface area (Å²) in [7, 11) is 1.65. The van der Waals surface area contributed by atoms with E-state index in [-0.39, 0.29) is 23.1 Å². The summed E-state index contributed by atoms with van der Waals surface area (Å²) in [5.41, 5.74) is 6.95. The highest BCUT2D eigenvalue weighted by atomic mass is 32.2. The zero-order valence-electron chi connectivity index (χ0n) is 14.2. The molecule has 1 aromatic heterocycles. The predicted molar refractivity (Wildman–Crippen MR) is 95.2 cm³/mol. The third-order valence-corrected chi connectivity index (χ3v) is 4.40. The van der Waals surface area contributed by atoms with Gasteiger partial charge in [-0.3, -0.25) is 9.19 Å². The second-order valence-corrected chi connectivity index (χ2v) is 6.48. The van der Waals surface area contributed by atoms with Crippen molar-refractivity contribution in [3.05, 3.63) is 36.2 Å². The maximum atomic E-state index is 12.3. The number of nitrogens with two attached hydrogens (primary N) is 1. The first-order chi connectivity index (χ1) is 12.4. The molecule has 3 N–H and O–H groups in total. The molecule has 142 valence electrons. The molecule has 0 aliphatic heterocycles. The van der Waals surface area contributed by atoms with Crippen LogP contribution >= 0.6 is 0 Å². The molecule has 0 bridgehead atoms. The number of methoxy groups -OCH3 is 2. The number of hydrogen-bond acceptors (Lipinski definition) is 7. The summed E-state index contributed by atoms with van der Waals surface area (Å²) in [5.74, 6) is 1.11. The van der Waals surface area contributed by atoms with Crippen molar-refractivity contribution >= 4 is 22.2 Å². The lowest BCUT2D eigenvalue weighted by molar-refractivity contribution is -0.0497. The number of hydrogen-bond donors (Lipinski definition) is 2. The smallest absolute Gasteiger partial charge is 0.387 e. The maximum absolute atomic E-state index is 12.3. The number of benzene rings is 1. The molecule has 2 aromatic rings. The SMILES string of the molecule is COc1ccnc(CS(=O)CNc2ccc(OC(F)F)cc2N)c1OC. The second kappa shape index (κ2) is 9.18. The maximum Gasteiger partial charge on any atom is 0.387 e. The van der Waals surface area contributed by atoms with E-state index in [1.165, 1.54) is 32.4 Å². The molecule has 10 heteroatoms. The Morgan fingerprint density at radius 1 is 1.27 bits per heavy atom. The molecule has 1 atom stereocenters. The Morgan fingerprint density at radius 3 is 2.65 bits per heavy atom. The van der Waals surface area contributed by atoms with E-state index in [1.807, 2.05) is 0 Å². The van der Waals surface area contributed by atoms with Crippen LogP contribution in [0.1, 0.15) is 5.69 Å². The van der Waals surface area contributed by atoms with Gasteiger partial charge in [0.2, 0.25) is 0 Å². The number of nitrogens with zero attached hydrogens (tertiary/aromatic N) is 1. The molecule has 7 nitrogen and oxygen atoms in total. The van der Waals surface area contributed by atoms with Gasteiger partial charge >= 0.3 is 6.61 Å². The summed E-state index contributed by atoms with van der Waals surface area (Å²) in [5, 5.41) is 2.91. The third kappa shape index (κ3) is 5.19. The van der Waals surface area contributed by atoms with E-state index in [2.05, 4.69) is 15.0 Å². The van der Waals surface area contributed by atoms with Gasteiger partial charge in [-0.2, -0.15) is 8.78 Å².